The summed E-state index contributed by atoms with van der Waals surface area (Å²) in [5, 5.41) is 3.04. The number of fused-ring (bicyclic) bond motifs is 1. The van der Waals surface area contributed by atoms with E-state index in [0.717, 1.165) is 25.0 Å². The van der Waals surface area contributed by atoms with Crippen molar-refractivity contribution in [3.8, 4) is 23.0 Å². The van der Waals surface area contributed by atoms with E-state index < -0.39 is 35.0 Å². The summed E-state index contributed by atoms with van der Waals surface area (Å²) in [5.74, 6) is 0.709. The van der Waals surface area contributed by atoms with Gasteiger partial charge in [-0.25, -0.2) is 4.98 Å². The van der Waals surface area contributed by atoms with E-state index in [2.05, 4.69) is 15.2 Å². The molecule has 5 rings (SSSR count). The van der Waals surface area contributed by atoms with Crippen LogP contribution >= 0.6 is 0 Å². The molecule has 0 radical (unpaired) electrons. The molecule has 1 fully saturated rings. The molecule has 1 aliphatic heterocycles. The Balaban J connectivity index is 1.27. The quantitative estimate of drug-likeness (QED) is 0.190. The number of benzene rings is 3. The molecule has 1 amide bonds. The lowest BCUT2D eigenvalue weighted by Crippen LogP contribution is -2.38. The van der Waals surface area contributed by atoms with Gasteiger partial charge in [-0.2, -0.15) is 26.3 Å². The molecule has 244 valence electrons. The highest BCUT2D eigenvalue weighted by molar-refractivity contribution is 6.04. The second-order valence-corrected chi connectivity index (χ2v) is 10.4. The summed E-state index contributed by atoms with van der Waals surface area (Å²) in [6.45, 7) is 6.08. The maximum absolute atomic E-state index is 13.2. The number of methoxy groups -OCH3 is 1. The number of hydrogen-bond acceptors (Lipinski definition) is 7. The second-order valence-electron chi connectivity index (χ2n) is 10.4. The molecular formula is C32H29F6N3O5. The van der Waals surface area contributed by atoms with Crippen molar-refractivity contribution in [2.45, 2.75) is 19.3 Å². The first-order valence-corrected chi connectivity index (χ1v) is 14.1. The van der Waals surface area contributed by atoms with Gasteiger partial charge in [-0.05, 0) is 61.5 Å². The predicted molar refractivity (Wildman–Crippen MR) is 157 cm³/mol. The third-order valence-electron chi connectivity index (χ3n) is 7.20. The van der Waals surface area contributed by atoms with Gasteiger partial charge in [0.2, 0.25) is 0 Å². The Morgan fingerprint density at radius 3 is 2.13 bits per heavy atom. The Bertz CT molecular complexity index is 1670. The van der Waals surface area contributed by atoms with E-state index in [4.69, 9.17) is 18.9 Å². The highest BCUT2D eigenvalue weighted by Gasteiger charge is 2.37. The normalized spacial score (nSPS) is 14.3. The monoisotopic (exact) mass is 649 g/mol. The first-order chi connectivity index (χ1) is 21.8. The highest BCUT2D eigenvalue weighted by Crippen LogP contribution is 2.37. The van der Waals surface area contributed by atoms with E-state index in [1.165, 1.54) is 31.4 Å². The summed E-state index contributed by atoms with van der Waals surface area (Å²) in [6.07, 6.45) is -10.1. The minimum absolute atomic E-state index is 0.0385. The highest BCUT2D eigenvalue weighted by atomic mass is 19.4. The van der Waals surface area contributed by atoms with Crippen molar-refractivity contribution in [1.29, 1.82) is 0 Å². The van der Waals surface area contributed by atoms with Crippen LogP contribution in [0.2, 0.25) is 0 Å². The van der Waals surface area contributed by atoms with Crippen molar-refractivity contribution < 1.29 is 50.1 Å². The Morgan fingerprint density at radius 2 is 1.52 bits per heavy atom. The Kier molecular flexibility index (Phi) is 9.58. The van der Waals surface area contributed by atoms with Gasteiger partial charge in [-0.3, -0.25) is 9.69 Å². The number of carbonyl (C=O) groups excluding carboxylic acids is 1. The van der Waals surface area contributed by atoms with Crippen LogP contribution in [-0.2, 0) is 17.1 Å². The van der Waals surface area contributed by atoms with Gasteiger partial charge in [0, 0.05) is 42.3 Å². The molecule has 8 nitrogen and oxygen atoms in total. The zero-order valence-electron chi connectivity index (χ0n) is 24.7. The van der Waals surface area contributed by atoms with Crippen LogP contribution < -0.4 is 19.5 Å². The number of halogens is 6. The van der Waals surface area contributed by atoms with E-state index in [1.807, 2.05) is 0 Å². The van der Waals surface area contributed by atoms with Gasteiger partial charge in [-0.15, -0.1) is 0 Å². The molecule has 0 unspecified atom stereocenters. The number of carbonyl (C=O) groups is 1. The number of ether oxygens (including phenoxy) is 4. The molecule has 1 aliphatic rings. The van der Waals surface area contributed by atoms with Crippen LogP contribution in [-0.4, -0.2) is 62.4 Å². The van der Waals surface area contributed by atoms with E-state index in [-0.39, 0.29) is 11.8 Å². The van der Waals surface area contributed by atoms with Crippen LogP contribution in [0.1, 0.15) is 27.2 Å². The number of aryl methyl sites for hydroxylation is 1. The summed E-state index contributed by atoms with van der Waals surface area (Å²) in [7, 11) is 1.54. The van der Waals surface area contributed by atoms with Gasteiger partial charge in [0.05, 0.1) is 42.7 Å². The number of anilines is 1. The second kappa shape index (κ2) is 13.4. The molecule has 1 aromatic heterocycles. The van der Waals surface area contributed by atoms with Crippen molar-refractivity contribution in [2.24, 2.45) is 0 Å². The summed E-state index contributed by atoms with van der Waals surface area (Å²) in [5.41, 5.74) is -2.60. The molecule has 2 heterocycles. The number of morpholine rings is 1. The largest absolute Gasteiger partial charge is 0.493 e. The van der Waals surface area contributed by atoms with Crippen LogP contribution in [0.5, 0.6) is 23.0 Å². The van der Waals surface area contributed by atoms with E-state index in [1.54, 1.807) is 25.1 Å². The fraction of sp³-hybridized carbons (Fsp3) is 0.312. The van der Waals surface area contributed by atoms with Crippen molar-refractivity contribution in [3.63, 3.8) is 0 Å². The number of amides is 1. The summed E-state index contributed by atoms with van der Waals surface area (Å²) in [4.78, 5) is 19.5. The molecule has 0 atom stereocenters. The Morgan fingerprint density at radius 1 is 0.891 bits per heavy atom. The van der Waals surface area contributed by atoms with Crippen LogP contribution in [0.4, 0.5) is 32.0 Å². The van der Waals surface area contributed by atoms with Gasteiger partial charge < -0.3 is 24.3 Å². The predicted octanol–water partition coefficient (Wildman–Crippen LogP) is 7.35. The van der Waals surface area contributed by atoms with Gasteiger partial charge in [0.15, 0.2) is 11.5 Å². The Hall–Kier alpha value is -4.56. The van der Waals surface area contributed by atoms with E-state index >= 15 is 0 Å². The summed E-state index contributed by atoms with van der Waals surface area (Å²) in [6, 6.07) is 11.8. The van der Waals surface area contributed by atoms with Gasteiger partial charge in [0.1, 0.15) is 18.1 Å². The lowest BCUT2D eigenvalue weighted by molar-refractivity contribution is -0.143. The van der Waals surface area contributed by atoms with E-state index in [9.17, 15) is 31.1 Å². The summed E-state index contributed by atoms with van der Waals surface area (Å²) < 4.78 is 102. The van der Waals surface area contributed by atoms with Crippen LogP contribution in [0.3, 0.4) is 0 Å². The number of nitrogens with one attached hydrogen (secondary N) is 1. The third kappa shape index (κ3) is 7.98. The van der Waals surface area contributed by atoms with Crippen LogP contribution in [0.15, 0.2) is 60.7 Å². The average Bonchev–Trinajstić information content (AvgIpc) is 3.01. The number of hydrogen-bond donors (Lipinski definition) is 1. The van der Waals surface area contributed by atoms with Crippen molar-refractivity contribution in [1.82, 2.24) is 9.88 Å². The van der Waals surface area contributed by atoms with Crippen LogP contribution in [0, 0.1) is 6.92 Å². The third-order valence-corrected chi connectivity index (χ3v) is 7.20. The van der Waals surface area contributed by atoms with Crippen molar-refractivity contribution in [3.05, 3.63) is 83.0 Å². The molecule has 4 aromatic rings. The maximum atomic E-state index is 13.2. The number of rotatable bonds is 9. The molecule has 0 aliphatic carbocycles. The summed E-state index contributed by atoms with van der Waals surface area (Å²) >= 11 is 0. The number of alkyl halides is 6. The molecule has 14 heteroatoms. The lowest BCUT2D eigenvalue weighted by Gasteiger charge is -2.26. The Labute approximate surface area is 259 Å². The zero-order chi connectivity index (χ0) is 33.1. The first kappa shape index (κ1) is 32.8. The zero-order valence-corrected chi connectivity index (χ0v) is 24.7. The molecule has 0 spiro atoms. The molecule has 1 N–H and O–H groups in total. The molecular weight excluding hydrogens is 620 g/mol. The van der Waals surface area contributed by atoms with Gasteiger partial charge in [-0.1, -0.05) is 0 Å². The SMILES string of the molecule is COc1cc2cc(Oc3ccc(NC(=O)c4cc(C(F)(F)F)cc(C(F)(F)F)c4)cc3)c(C)nc2cc1OCCN1CCOCC1. The average molecular weight is 650 g/mol. The maximum Gasteiger partial charge on any atom is 0.416 e. The number of nitrogens with zero attached hydrogens (tertiary/aromatic N) is 2. The standard InChI is InChI=1S/C32H29F6N3O5/c1-19-27(15-20-16-28(43-2)29(18-26(20)39-19)45-12-9-41-7-10-44-11-8-41)46-25-5-3-24(4-6-25)40-30(42)21-13-22(31(33,34)35)17-23(14-21)32(36,37)38/h3-6,13-18H,7-12H2,1-2H3,(H,40,42). The lowest BCUT2D eigenvalue weighted by atomic mass is 10.0. The molecule has 3 aromatic carbocycles. The minimum Gasteiger partial charge on any atom is -0.493 e. The molecule has 1 saturated heterocycles. The van der Waals surface area contributed by atoms with E-state index in [0.29, 0.717) is 66.2 Å². The molecule has 0 bridgehead atoms. The first-order valence-electron chi connectivity index (χ1n) is 14.1. The number of pyridine rings is 1. The molecule has 0 saturated carbocycles. The van der Waals surface area contributed by atoms with Crippen LogP contribution in [0.25, 0.3) is 10.9 Å². The fourth-order valence-corrected chi connectivity index (χ4v) is 4.77. The molecule has 46 heavy (non-hydrogen) atoms. The van der Waals surface area contributed by atoms with Gasteiger partial charge in [0.25, 0.3) is 5.91 Å². The van der Waals surface area contributed by atoms with Crippen molar-refractivity contribution in [2.75, 3.05) is 51.9 Å². The topological polar surface area (TPSA) is 82.2 Å². The van der Waals surface area contributed by atoms with Crippen molar-refractivity contribution >= 4 is 22.5 Å². The minimum atomic E-state index is -5.07. The number of aromatic nitrogens is 1. The van der Waals surface area contributed by atoms with Gasteiger partial charge >= 0.3 is 12.4 Å². The fourth-order valence-electron chi connectivity index (χ4n) is 4.77. The smallest absolute Gasteiger partial charge is 0.416 e.